The molecule has 122 valence electrons. The summed E-state index contributed by atoms with van der Waals surface area (Å²) >= 11 is 0. The Labute approximate surface area is 132 Å². The van der Waals surface area contributed by atoms with Crippen molar-refractivity contribution in [2.45, 2.75) is 38.4 Å². The standard InChI is InChI=1S/C17H18F3N3/c1-10-16(12-3-6-14(21)9-12)11(2)23(22-10)15-7-4-13(5-8-15)17(18,19)20/h3-8,12,14H,9,21H2,1-2H3/t12-,14-/m1/s1. The minimum Gasteiger partial charge on any atom is -0.324 e. The summed E-state index contributed by atoms with van der Waals surface area (Å²) in [4.78, 5) is 0. The summed E-state index contributed by atoms with van der Waals surface area (Å²) in [7, 11) is 0. The summed E-state index contributed by atoms with van der Waals surface area (Å²) < 4.78 is 39.7. The van der Waals surface area contributed by atoms with Gasteiger partial charge in [-0.1, -0.05) is 12.2 Å². The first-order chi connectivity index (χ1) is 10.8. The van der Waals surface area contributed by atoms with Gasteiger partial charge in [0.25, 0.3) is 0 Å². The quantitative estimate of drug-likeness (QED) is 0.853. The molecule has 0 unspecified atom stereocenters. The van der Waals surface area contributed by atoms with Crippen molar-refractivity contribution >= 4 is 0 Å². The molecule has 2 atom stereocenters. The maximum absolute atomic E-state index is 12.7. The van der Waals surface area contributed by atoms with Crippen molar-refractivity contribution in [1.29, 1.82) is 0 Å². The van der Waals surface area contributed by atoms with E-state index < -0.39 is 11.7 Å². The van der Waals surface area contributed by atoms with Crippen molar-refractivity contribution in [3.63, 3.8) is 0 Å². The van der Waals surface area contributed by atoms with Crippen molar-refractivity contribution < 1.29 is 13.2 Å². The van der Waals surface area contributed by atoms with Gasteiger partial charge in [0.05, 0.1) is 16.9 Å². The Balaban J connectivity index is 1.97. The molecule has 2 N–H and O–H groups in total. The molecular formula is C17H18F3N3. The molecule has 1 aliphatic rings. The second kappa shape index (κ2) is 5.53. The molecule has 6 heteroatoms. The number of rotatable bonds is 2. The smallest absolute Gasteiger partial charge is 0.324 e. The molecule has 0 amide bonds. The van der Waals surface area contributed by atoms with Gasteiger partial charge in [-0.15, -0.1) is 0 Å². The molecule has 0 saturated carbocycles. The van der Waals surface area contributed by atoms with Crippen LogP contribution in [0.4, 0.5) is 13.2 Å². The fourth-order valence-electron chi connectivity index (χ4n) is 3.18. The van der Waals surface area contributed by atoms with Crippen molar-refractivity contribution in [2.24, 2.45) is 5.73 Å². The van der Waals surface area contributed by atoms with Gasteiger partial charge in [0.1, 0.15) is 0 Å². The second-order valence-electron chi connectivity index (χ2n) is 5.93. The third-order valence-corrected chi connectivity index (χ3v) is 4.27. The number of aromatic nitrogens is 2. The topological polar surface area (TPSA) is 43.8 Å². The van der Waals surface area contributed by atoms with Gasteiger partial charge in [0, 0.05) is 23.2 Å². The van der Waals surface area contributed by atoms with E-state index in [1.54, 1.807) is 4.68 Å². The Morgan fingerprint density at radius 2 is 1.78 bits per heavy atom. The SMILES string of the molecule is Cc1nn(-c2ccc(C(F)(F)F)cc2)c(C)c1[C@@H]1C=C[C@@H](N)C1. The lowest BCUT2D eigenvalue weighted by Gasteiger charge is -2.11. The zero-order valence-electron chi connectivity index (χ0n) is 12.9. The molecule has 3 nitrogen and oxygen atoms in total. The molecule has 1 aliphatic carbocycles. The van der Waals surface area contributed by atoms with Gasteiger partial charge in [-0.25, -0.2) is 4.68 Å². The molecule has 2 aromatic rings. The van der Waals surface area contributed by atoms with E-state index in [0.717, 1.165) is 35.5 Å². The number of nitrogens with zero attached hydrogens (tertiary/aromatic N) is 2. The predicted molar refractivity (Wildman–Crippen MR) is 82.5 cm³/mol. The van der Waals surface area contributed by atoms with Gasteiger partial charge in [-0.2, -0.15) is 18.3 Å². The van der Waals surface area contributed by atoms with E-state index in [1.165, 1.54) is 12.1 Å². The van der Waals surface area contributed by atoms with E-state index in [0.29, 0.717) is 5.69 Å². The summed E-state index contributed by atoms with van der Waals surface area (Å²) in [5.74, 6) is 0.216. The first-order valence-corrected chi connectivity index (χ1v) is 7.45. The highest BCUT2D eigenvalue weighted by Gasteiger charge is 2.30. The summed E-state index contributed by atoms with van der Waals surface area (Å²) in [6.07, 6.45) is 0.571. The maximum atomic E-state index is 12.7. The molecule has 0 radical (unpaired) electrons. The van der Waals surface area contributed by atoms with Crippen LogP contribution in [0.5, 0.6) is 0 Å². The molecule has 1 aromatic heterocycles. The number of benzene rings is 1. The van der Waals surface area contributed by atoms with E-state index in [2.05, 4.69) is 11.2 Å². The van der Waals surface area contributed by atoms with Gasteiger partial charge in [0.2, 0.25) is 0 Å². The third kappa shape index (κ3) is 2.91. The number of halogens is 3. The molecule has 0 bridgehead atoms. The van der Waals surface area contributed by atoms with Crippen LogP contribution in [0.25, 0.3) is 5.69 Å². The van der Waals surface area contributed by atoms with Crippen LogP contribution in [0, 0.1) is 13.8 Å². The number of alkyl halides is 3. The van der Waals surface area contributed by atoms with Gasteiger partial charge in [-0.05, 0) is 44.5 Å². The van der Waals surface area contributed by atoms with Crippen LogP contribution in [-0.4, -0.2) is 15.8 Å². The lowest BCUT2D eigenvalue weighted by molar-refractivity contribution is -0.137. The van der Waals surface area contributed by atoms with E-state index in [4.69, 9.17) is 5.73 Å². The summed E-state index contributed by atoms with van der Waals surface area (Å²) in [5, 5.41) is 4.50. The third-order valence-electron chi connectivity index (χ3n) is 4.27. The molecule has 23 heavy (non-hydrogen) atoms. The number of allylic oxidation sites excluding steroid dienone is 1. The Hall–Kier alpha value is -2.08. The lowest BCUT2D eigenvalue weighted by Crippen LogP contribution is -2.14. The minimum absolute atomic E-state index is 0.0493. The van der Waals surface area contributed by atoms with Crippen molar-refractivity contribution in [2.75, 3.05) is 0 Å². The van der Waals surface area contributed by atoms with Crippen molar-refractivity contribution in [3.05, 3.63) is 58.9 Å². The lowest BCUT2D eigenvalue weighted by atomic mass is 9.96. The first-order valence-electron chi connectivity index (χ1n) is 7.45. The van der Waals surface area contributed by atoms with Crippen LogP contribution in [0.1, 0.15) is 34.9 Å². The average molecular weight is 321 g/mol. The minimum atomic E-state index is -4.33. The summed E-state index contributed by atoms with van der Waals surface area (Å²) in [6.45, 7) is 3.85. The molecule has 1 aromatic carbocycles. The van der Waals surface area contributed by atoms with E-state index in [-0.39, 0.29) is 12.0 Å². The van der Waals surface area contributed by atoms with Crippen LogP contribution in [0.3, 0.4) is 0 Å². The number of aryl methyl sites for hydroxylation is 1. The summed E-state index contributed by atoms with van der Waals surface area (Å²) in [5.41, 5.74) is 8.80. The molecular weight excluding hydrogens is 303 g/mol. The van der Waals surface area contributed by atoms with Gasteiger partial charge >= 0.3 is 6.18 Å². The molecule has 3 rings (SSSR count). The Morgan fingerprint density at radius 3 is 2.30 bits per heavy atom. The molecule has 0 aliphatic heterocycles. The molecule has 1 heterocycles. The van der Waals surface area contributed by atoms with Crippen LogP contribution in [0.2, 0.25) is 0 Å². The zero-order chi connectivity index (χ0) is 16.8. The first kappa shape index (κ1) is 15.8. The van der Waals surface area contributed by atoms with Crippen LogP contribution in [-0.2, 0) is 6.18 Å². The van der Waals surface area contributed by atoms with E-state index in [1.807, 2.05) is 19.9 Å². The number of hydrogen-bond acceptors (Lipinski definition) is 2. The van der Waals surface area contributed by atoms with Gasteiger partial charge in [-0.3, -0.25) is 0 Å². The zero-order valence-corrected chi connectivity index (χ0v) is 12.9. The maximum Gasteiger partial charge on any atom is 0.416 e. The Kier molecular flexibility index (Phi) is 3.80. The highest BCUT2D eigenvalue weighted by molar-refractivity contribution is 5.42. The van der Waals surface area contributed by atoms with Crippen LogP contribution < -0.4 is 5.73 Å². The van der Waals surface area contributed by atoms with Crippen LogP contribution in [0.15, 0.2) is 36.4 Å². The largest absolute Gasteiger partial charge is 0.416 e. The number of hydrogen-bond donors (Lipinski definition) is 1. The van der Waals surface area contributed by atoms with Crippen molar-refractivity contribution in [3.8, 4) is 5.69 Å². The van der Waals surface area contributed by atoms with Gasteiger partial charge in [0.15, 0.2) is 0 Å². The van der Waals surface area contributed by atoms with E-state index in [9.17, 15) is 13.2 Å². The predicted octanol–water partition coefficient (Wildman–Crippen LogP) is 3.88. The molecule has 0 spiro atoms. The Bertz CT molecular complexity index is 742. The summed E-state index contributed by atoms with van der Waals surface area (Å²) in [6, 6.07) is 5.10. The van der Waals surface area contributed by atoms with Crippen LogP contribution >= 0.6 is 0 Å². The highest BCUT2D eigenvalue weighted by Crippen LogP contribution is 2.34. The molecule has 0 fully saturated rings. The average Bonchev–Trinajstić information content (AvgIpc) is 3.02. The Morgan fingerprint density at radius 1 is 1.13 bits per heavy atom. The fraction of sp³-hybridized carbons (Fsp3) is 0.353. The van der Waals surface area contributed by atoms with E-state index >= 15 is 0 Å². The monoisotopic (exact) mass is 321 g/mol. The highest BCUT2D eigenvalue weighted by atomic mass is 19.4. The fourth-order valence-corrected chi connectivity index (χ4v) is 3.18. The normalized spacial score (nSPS) is 21.1. The second-order valence-corrected chi connectivity index (χ2v) is 5.93. The van der Waals surface area contributed by atoms with Crippen molar-refractivity contribution in [1.82, 2.24) is 9.78 Å². The molecule has 0 saturated heterocycles. The van der Waals surface area contributed by atoms with Gasteiger partial charge < -0.3 is 5.73 Å². The number of nitrogens with two attached hydrogens (primary N) is 1.